The number of carbonyl (C=O) groups is 1. The van der Waals surface area contributed by atoms with E-state index in [1.807, 2.05) is 25.1 Å². The Bertz CT molecular complexity index is 830. The number of hydrogen-bond donors (Lipinski definition) is 1. The zero-order valence-electron chi connectivity index (χ0n) is 13.6. The maximum absolute atomic E-state index is 12.6. The fraction of sp³-hybridized carbons (Fsp3) is 0.400. The van der Waals surface area contributed by atoms with Gasteiger partial charge in [0, 0.05) is 12.1 Å². The van der Waals surface area contributed by atoms with E-state index < -0.39 is 21.6 Å². The Hall–Kier alpha value is -2.26. The molecule has 0 radical (unpaired) electrons. The molecule has 2 rings (SSSR count). The molecule has 0 spiro atoms. The highest BCUT2D eigenvalue weighted by Gasteiger charge is 2.26. The van der Waals surface area contributed by atoms with E-state index in [4.69, 9.17) is 5.73 Å². The highest BCUT2D eigenvalue weighted by Crippen LogP contribution is 2.20. The number of aromatic nitrogens is 3. The van der Waals surface area contributed by atoms with Gasteiger partial charge in [-0.05, 0) is 31.2 Å². The van der Waals surface area contributed by atoms with Crippen LogP contribution >= 0.6 is 0 Å². The molecule has 2 N–H and O–H groups in total. The molecule has 0 amide bonds. The van der Waals surface area contributed by atoms with Gasteiger partial charge in [-0.1, -0.05) is 12.1 Å². The number of nitrogens with two attached hydrogens (primary N) is 1. The molecular weight excluding hydrogens is 332 g/mol. The summed E-state index contributed by atoms with van der Waals surface area (Å²) in [5.74, 6) is -0.534. The molecule has 0 aliphatic carbocycles. The first-order valence-electron chi connectivity index (χ1n) is 7.40. The van der Waals surface area contributed by atoms with Crippen LogP contribution in [0.3, 0.4) is 0 Å². The van der Waals surface area contributed by atoms with E-state index >= 15 is 0 Å². The number of nitrogens with zero attached hydrogens (tertiary/aromatic N) is 3. The van der Waals surface area contributed by atoms with Crippen LogP contribution in [-0.2, 0) is 25.8 Å². The van der Waals surface area contributed by atoms with Crippen molar-refractivity contribution < 1.29 is 17.9 Å². The van der Waals surface area contributed by atoms with Gasteiger partial charge in [0.25, 0.3) is 5.16 Å². The molecule has 130 valence electrons. The molecule has 0 saturated heterocycles. The van der Waals surface area contributed by atoms with Gasteiger partial charge in [-0.15, -0.1) is 10.2 Å². The third-order valence-electron chi connectivity index (χ3n) is 3.41. The van der Waals surface area contributed by atoms with Crippen LogP contribution in [0, 0.1) is 6.92 Å². The minimum absolute atomic E-state index is 0.194. The van der Waals surface area contributed by atoms with Crippen molar-refractivity contribution >= 4 is 15.8 Å². The summed E-state index contributed by atoms with van der Waals surface area (Å²) in [7, 11) is -2.60. The molecule has 9 heteroatoms. The summed E-state index contributed by atoms with van der Waals surface area (Å²) < 4.78 is 31.1. The predicted molar refractivity (Wildman–Crippen MR) is 87.5 cm³/mol. The Morgan fingerprint density at radius 1 is 1.33 bits per heavy atom. The van der Waals surface area contributed by atoms with E-state index in [-0.39, 0.29) is 11.6 Å². The van der Waals surface area contributed by atoms with Crippen LogP contribution in [-0.4, -0.2) is 48.6 Å². The second-order valence-electron chi connectivity index (χ2n) is 5.26. The SMILES string of the molecule is COC(=O)CCS(=O)(=O)c1nnc(CCN)n1-c1cccc(C)c1. The first-order valence-corrected chi connectivity index (χ1v) is 9.05. The lowest BCUT2D eigenvalue weighted by atomic mass is 10.2. The Labute approximate surface area is 140 Å². The van der Waals surface area contributed by atoms with Crippen LogP contribution in [0.4, 0.5) is 0 Å². The van der Waals surface area contributed by atoms with Crippen molar-refractivity contribution in [1.82, 2.24) is 14.8 Å². The third kappa shape index (κ3) is 3.98. The Balaban J connectivity index is 2.49. The highest BCUT2D eigenvalue weighted by atomic mass is 32.2. The third-order valence-corrected chi connectivity index (χ3v) is 4.97. The summed E-state index contributed by atoms with van der Waals surface area (Å²) in [6.45, 7) is 2.22. The molecule has 24 heavy (non-hydrogen) atoms. The summed E-state index contributed by atoms with van der Waals surface area (Å²) in [4.78, 5) is 11.3. The maximum Gasteiger partial charge on any atom is 0.306 e. The summed E-state index contributed by atoms with van der Waals surface area (Å²) in [6, 6.07) is 7.34. The lowest BCUT2D eigenvalue weighted by Gasteiger charge is -2.11. The average Bonchev–Trinajstić information content (AvgIpc) is 2.97. The molecule has 1 aromatic carbocycles. The fourth-order valence-electron chi connectivity index (χ4n) is 2.23. The van der Waals surface area contributed by atoms with Gasteiger partial charge in [0.05, 0.1) is 19.3 Å². The van der Waals surface area contributed by atoms with Gasteiger partial charge < -0.3 is 10.5 Å². The van der Waals surface area contributed by atoms with Crippen molar-refractivity contribution in [3.05, 3.63) is 35.7 Å². The number of benzene rings is 1. The van der Waals surface area contributed by atoms with Crippen LogP contribution in [0.1, 0.15) is 17.8 Å². The quantitative estimate of drug-likeness (QED) is 0.717. The molecule has 1 heterocycles. The van der Waals surface area contributed by atoms with Crippen LogP contribution in [0.5, 0.6) is 0 Å². The number of sulfone groups is 1. The van der Waals surface area contributed by atoms with Gasteiger partial charge in [0.1, 0.15) is 5.82 Å². The van der Waals surface area contributed by atoms with Crippen LogP contribution < -0.4 is 5.73 Å². The van der Waals surface area contributed by atoms with E-state index in [0.717, 1.165) is 5.56 Å². The van der Waals surface area contributed by atoms with E-state index in [0.29, 0.717) is 24.5 Å². The predicted octanol–water partition coefficient (Wildman–Crippen LogP) is 0.414. The molecule has 0 aliphatic heterocycles. The standard InChI is InChI=1S/C15H20N4O4S/c1-11-4-3-5-12(10-11)19-13(6-8-16)17-18-15(19)24(21,22)9-7-14(20)23-2/h3-5,10H,6-9,16H2,1-2H3. The van der Waals surface area contributed by atoms with Gasteiger partial charge in [0.2, 0.25) is 9.84 Å². The summed E-state index contributed by atoms with van der Waals surface area (Å²) in [6.07, 6.45) is 0.138. The van der Waals surface area contributed by atoms with E-state index in [1.54, 1.807) is 6.07 Å². The largest absolute Gasteiger partial charge is 0.469 e. The number of ether oxygens (including phenoxy) is 1. The minimum atomic E-state index is -3.81. The molecule has 1 aromatic heterocycles. The number of esters is 1. The van der Waals surface area contributed by atoms with E-state index in [1.165, 1.54) is 11.7 Å². The number of aryl methyl sites for hydroxylation is 1. The lowest BCUT2D eigenvalue weighted by Crippen LogP contribution is -2.18. The van der Waals surface area contributed by atoms with Gasteiger partial charge in [-0.2, -0.15) is 0 Å². The zero-order chi connectivity index (χ0) is 17.7. The normalized spacial score (nSPS) is 11.5. The highest BCUT2D eigenvalue weighted by molar-refractivity contribution is 7.91. The Morgan fingerprint density at radius 3 is 2.71 bits per heavy atom. The van der Waals surface area contributed by atoms with Crippen molar-refractivity contribution in [1.29, 1.82) is 0 Å². The molecule has 8 nitrogen and oxygen atoms in total. The molecule has 0 atom stereocenters. The molecule has 0 saturated carbocycles. The smallest absolute Gasteiger partial charge is 0.306 e. The molecule has 0 aliphatic rings. The fourth-order valence-corrected chi connectivity index (χ4v) is 3.50. The summed E-state index contributed by atoms with van der Waals surface area (Å²) in [5.41, 5.74) is 7.19. The number of carbonyl (C=O) groups excluding carboxylic acids is 1. The molecule has 0 bridgehead atoms. The molecule has 2 aromatic rings. The average molecular weight is 352 g/mol. The van der Waals surface area contributed by atoms with Gasteiger partial charge >= 0.3 is 5.97 Å². The number of methoxy groups -OCH3 is 1. The van der Waals surface area contributed by atoms with Crippen molar-refractivity contribution in [2.45, 2.75) is 24.9 Å². The summed E-state index contributed by atoms with van der Waals surface area (Å²) in [5, 5.41) is 7.60. The second kappa shape index (κ2) is 7.54. The lowest BCUT2D eigenvalue weighted by molar-refractivity contribution is -0.140. The van der Waals surface area contributed by atoms with Crippen LogP contribution in [0.15, 0.2) is 29.4 Å². The van der Waals surface area contributed by atoms with Gasteiger partial charge in [0.15, 0.2) is 0 Å². The van der Waals surface area contributed by atoms with Crippen molar-refractivity contribution in [3.8, 4) is 5.69 Å². The van der Waals surface area contributed by atoms with Gasteiger partial charge in [-0.25, -0.2) is 8.42 Å². The minimum Gasteiger partial charge on any atom is -0.469 e. The second-order valence-corrected chi connectivity index (χ2v) is 7.26. The number of rotatable bonds is 7. The first kappa shape index (κ1) is 18.1. The van der Waals surface area contributed by atoms with Crippen LogP contribution in [0.2, 0.25) is 0 Å². The van der Waals surface area contributed by atoms with Crippen molar-refractivity contribution in [2.24, 2.45) is 5.73 Å². The zero-order valence-corrected chi connectivity index (χ0v) is 14.4. The summed E-state index contributed by atoms with van der Waals surface area (Å²) >= 11 is 0. The van der Waals surface area contributed by atoms with Crippen molar-refractivity contribution in [3.63, 3.8) is 0 Å². The topological polar surface area (TPSA) is 117 Å². The van der Waals surface area contributed by atoms with Gasteiger partial charge in [-0.3, -0.25) is 9.36 Å². The maximum atomic E-state index is 12.6. The molecular formula is C15H20N4O4S. The Morgan fingerprint density at radius 2 is 2.08 bits per heavy atom. The first-order chi connectivity index (χ1) is 11.4. The Kier molecular flexibility index (Phi) is 5.68. The molecule has 0 unspecified atom stereocenters. The van der Waals surface area contributed by atoms with Crippen LogP contribution in [0.25, 0.3) is 5.69 Å². The van der Waals surface area contributed by atoms with Crippen molar-refractivity contribution in [2.75, 3.05) is 19.4 Å². The molecule has 0 fully saturated rings. The van der Waals surface area contributed by atoms with E-state index in [9.17, 15) is 13.2 Å². The monoisotopic (exact) mass is 352 g/mol. The number of hydrogen-bond acceptors (Lipinski definition) is 7. The van der Waals surface area contributed by atoms with E-state index in [2.05, 4.69) is 14.9 Å².